The van der Waals surface area contributed by atoms with E-state index >= 15 is 0 Å². The van der Waals surface area contributed by atoms with Gasteiger partial charge in [0.2, 0.25) is 0 Å². The number of nitrogens with one attached hydrogen (secondary N) is 1. The Balaban J connectivity index is 1.78. The van der Waals surface area contributed by atoms with Crippen LogP contribution in [-0.4, -0.2) is 22.6 Å². The van der Waals surface area contributed by atoms with Gasteiger partial charge in [0.05, 0.1) is 5.69 Å². The molecule has 1 aromatic heterocycles. The molecule has 3 rings (SSSR count). The fourth-order valence-corrected chi connectivity index (χ4v) is 3.02. The van der Waals surface area contributed by atoms with Crippen LogP contribution in [-0.2, 0) is 6.42 Å². The van der Waals surface area contributed by atoms with Crippen LogP contribution in [0.1, 0.15) is 25.1 Å². The third kappa shape index (κ3) is 3.44. The lowest BCUT2D eigenvalue weighted by Gasteiger charge is -2.22. The van der Waals surface area contributed by atoms with E-state index in [1.807, 2.05) is 24.4 Å². The predicted molar refractivity (Wildman–Crippen MR) is 84.5 cm³/mol. The lowest BCUT2D eigenvalue weighted by molar-refractivity contribution is 0.394. The fraction of sp³-hybridized carbons (Fsp3) is 0.375. The van der Waals surface area contributed by atoms with Gasteiger partial charge in [-0.2, -0.15) is 0 Å². The minimum Gasteiger partial charge on any atom is -0.314 e. The summed E-state index contributed by atoms with van der Waals surface area (Å²) in [5.74, 6) is 0.932. The summed E-state index contributed by atoms with van der Waals surface area (Å²) in [5, 5.41) is 3.55. The zero-order valence-electron chi connectivity index (χ0n) is 11.3. The van der Waals surface area contributed by atoms with Crippen LogP contribution in [0.4, 0.5) is 0 Å². The first-order chi connectivity index (χ1) is 9.81. The van der Waals surface area contributed by atoms with Crippen molar-refractivity contribution >= 4 is 15.9 Å². The van der Waals surface area contributed by atoms with E-state index in [0.717, 1.165) is 34.5 Å². The van der Waals surface area contributed by atoms with Gasteiger partial charge in [0.15, 0.2) is 0 Å². The number of rotatable bonds is 3. The predicted octanol–water partition coefficient (Wildman–Crippen LogP) is 3.59. The molecule has 0 aliphatic carbocycles. The van der Waals surface area contributed by atoms with Crippen molar-refractivity contribution in [2.24, 2.45) is 0 Å². The monoisotopic (exact) mass is 331 g/mol. The number of halogens is 1. The standard InChI is InChI=1S/C16H18BrN3/c17-13-5-3-4-12(10-13)15-7-9-19-16(20-15)11-14-6-1-2-8-18-14/h3-5,7,9-10,14,18H,1-2,6,8,11H2. The molecule has 2 heterocycles. The highest BCUT2D eigenvalue weighted by atomic mass is 79.9. The van der Waals surface area contributed by atoms with Gasteiger partial charge in [0.25, 0.3) is 0 Å². The molecule has 1 aliphatic rings. The van der Waals surface area contributed by atoms with Crippen LogP contribution in [0.5, 0.6) is 0 Å². The summed E-state index contributed by atoms with van der Waals surface area (Å²) in [6, 6.07) is 10.7. The maximum absolute atomic E-state index is 4.71. The van der Waals surface area contributed by atoms with Gasteiger partial charge in [-0.3, -0.25) is 0 Å². The van der Waals surface area contributed by atoms with Gasteiger partial charge < -0.3 is 5.32 Å². The molecule has 1 saturated heterocycles. The highest BCUT2D eigenvalue weighted by Crippen LogP contribution is 2.21. The first kappa shape index (κ1) is 13.7. The van der Waals surface area contributed by atoms with Crippen LogP contribution in [0.25, 0.3) is 11.3 Å². The van der Waals surface area contributed by atoms with Crippen molar-refractivity contribution in [2.45, 2.75) is 31.7 Å². The fourth-order valence-electron chi connectivity index (χ4n) is 2.62. The van der Waals surface area contributed by atoms with E-state index in [1.165, 1.54) is 19.3 Å². The minimum atomic E-state index is 0.529. The van der Waals surface area contributed by atoms with E-state index in [4.69, 9.17) is 4.98 Å². The summed E-state index contributed by atoms with van der Waals surface area (Å²) in [4.78, 5) is 9.12. The Morgan fingerprint density at radius 3 is 3.00 bits per heavy atom. The lowest BCUT2D eigenvalue weighted by atomic mass is 10.0. The molecular formula is C16H18BrN3. The van der Waals surface area contributed by atoms with Crippen molar-refractivity contribution < 1.29 is 0 Å². The number of hydrogen-bond acceptors (Lipinski definition) is 3. The summed E-state index contributed by atoms with van der Waals surface area (Å²) in [6.45, 7) is 1.12. The van der Waals surface area contributed by atoms with E-state index in [1.54, 1.807) is 0 Å². The van der Waals surface area contributed by atoms with E-state index in [-0.39, 0.29) is 0 Å². The Kier molecular flexibility index (Phi) is 4.43. The minimum absolute atomic E-state index is 0.529. The Labute approximate surface area is 128 Å². The average Bonchev–Trinajstić information content (AvgIpc) is 2.49. The van der Waals surface area contributed by atoms with E-state index in [0.29, 0.717) is 6.04 Å². The molecule has 4 heteroatoms. The van der Waals surface area contributed by atoms with Crippen molar-refractivity contribution in [1.82, 2.24) is 15.3 Å². The molecule has 0 radical (unpaired) electrons. The van der Waals surface area contributed by atoms with Gasteiger partial charge >= 0.3 is 0 Å². The summed E-state index contributed by atoms with van der Waals surface area (Å²) in [5.41, 5.74) is 2.12. The van der Waals surface area contributed by atoms with Gasteiger partial charge in [-0.05, 0) is 37.6 Å². The molecule has 1 fully saturated rings. The Morgan fingerprint density at radius 1 is 1.25 bits per heavy atom. The van der Waals surface area contributed by atoms with E-state index < -0.39 is 0 Å². The molecule has 1 atom stereocenters. The van der Waals surface area contributed by atoms with Crippen molar-refractivity contribution in [1.29, 1.82) is 0 Å². The molecule has 1 unspecified atom stereocenters. The third-order valence-electron chi connectivity index (χ3n) is 3.67. The maximum Gasteiger partial charge on any atom is 0.130 e. The SMILES string of the molecule is Brc1cccc(-c2ccnc(CC3CCCCN3)n2)c1. The topological polar surface area (TPSA) is 37.8 Å². The molecule has 0 amide bonds. The van der Waals surface area contributed by atoms with Crippen LogP contribution in [0.15, 0.2) is 41.0 Å². The summed E-state index contributed by atoms with van der Waals surface area (Å²) in [7, 11) is 0. The van der Waals surface area contributed by atoms with Crippen LogP contribution in [0.2, 0.25) is 0 Å². The first-order valence-corrected chi connectivity index (χ1v) is 7.92. The Hall–Kier alpha value is -1.26. The van der Waals surface area contributed by atoms with Crippen molar-refractivity contribution in [3.63, 3.8) is 0 Å². The number of benzene rings is 1. The zero-order valence-corrected chi connectivity index (χ0v) is 12.9. The molecule has 3 nitrogen and oxygen atoms in total. The summed E-state index contributed by atoms with van der Waals surface area (Å²) >= 11 is 3.50. The summed E-state index contributed by atoms with van der Waals surface area (Å²) in [6.07, 6.45) is 6.60. The van der Waals surface area contributed by atoms with Crippen molar-refractivity contribution in [3.05, 3.63) is 46.8 Å². The molecule has 20 heavy (non-hydrogen) atoms. The zero-order chi connectivity index (χ0) is 13.8. The molecule has 1 aliphatic heterocycles. The number of hydrogen-bond donors (Lipinski definition) is 1. The quantitative estimate of drug-likeness (QED) is 0.933. The normalized spacial score (nSPS) is 18.9. The molecule has 0 spiro atoms. The van der Waals surface area contributed by atoms with Gasteiger partial charge in [0.1, 0.15) is 5.82 Å². The third-order valence-corrected chi connectivity index (χ3v) is 4.16. The molecule has 0 bridgehead atoms. The second-order valence-corrected chi connectivity index (χ2v) is 6.14. The molecule has 2 aromatic rings. The van der Waals surface area contributed by atoms with Crippen molar-refractivity contribution in [3.8, 4) is 11.3 Å². The Bertz CT molecular complexity index is 579. The largest absolute Gasteiger partial charge is 0.314 e. The summed E-state index contributed by atoms with van der Waals surface area (Å²) < 4.78 is 1.07. The number of piperidine rings is 1. The second kappa shape index (κ2) is 6.46. The van der Waals surface area contributed by atoms with Crippen LogP contribution < -0.4 is 5.32 Å². The van der Waals surface area contributed by atoms with Crippen LogP contribution in [0, 0.1) is 0 Å². The highest BCUT2D eigenvalue weighted by Gasteiger charge is 2.14. The highest BCUT2D eigenvalue weighted by molar-refractivity contribution is 9.10. The van der Waals surface area contributed by atoms with E-state index in [9.17, 15) is 0 Å². The Morgan fingerprint density at radius 2 is 2.20 bits per heavy atom. The molecule has 1 aromatic carbocycles. The van der Waals surface area contributed by atoms with Crippen LogP contribution >= 0.6 is 15.9 Å². The molecule has 0 saturated carbocycles. The average molecular weight is 332 g/mol. The first-order valence-electron chi connectivity index (χ1n) is 7.12. The molecular weight excluding hydrogens is 314 g/mol. The van der Waals surface area contributed by atoms with Crippen LogP contribution in [0.3, 0.4) is 0 Å². The van der Waals surface area contributed by atoms with E-state index in [2.05, 4.69) is 38.4 Å². The lowest BCUT2D eigenvalue weighted by Crippen LogP contribution is -2.36. The number of aromatic nitrogens is 2. The van der Waals surface area contributed by atoms with Gasteiger partial charge in [-0.15, -0.1) is 0 Å². The maximum atomic E-state index is 4.71. The van der Waals surface area contributed by atoms with Gasteiger partial charge in [-0.1, -0.05) is 34.5 Å². The molecule has 104 valence electrons. The molecule has 1 N–H and O–H groups in total. The smallest absolute Gasteiger partial charge is 0.130 e. The van der Waals surface area contributed by atoms with Gasteiger partial charge in [0, 0.05) is 28.7 Å². The second-order valence-electron chi connectivity index (χ2n) is 5.22. The van der Waals surface area contributed by atoms with Gasteiger partial charge in [-0.25, -0.2) is 9.97 Å². The van der Waals surface area contributed by atoms with Crippen molar-refractivity contribution in [2.75, 3.05) is 6.54 Å². The number of nitrogens with zero attached hydrogens (tertiary/aromatic N) is 2.